The Morgan fingerprint density at radius 3 is 2.39 bits per heavy atom. The molecule has 7 heteroatoms. The van der Waals surface area contributed by atoms with E-state index in [2.05, 4.69) is 11.6 Å². The lowest BCUT2D eigenvalue weighted by atomic mass is 10.1. The van der Waals surface area contributed by atoms with Gasteiger partial charge in [0.05, 0.1) is 11.3 Å². The van der Waals surface area contributed by atoms with Gasteiger partial charge in [-0.05, 0) is 54.6 Å². The maximum absolute atomic E-state index is 12.8. The molecule has 1 amide bonds. The molecule has 0 saturated heterocycles. The summed E-state index contributed by atoms with van der Waals surface area (Å²) in [6.45, 7) is 3.54. The van der Waals surface area contributed by atoms with Crippen LogP contribution in [0.3, 0.4) is 0 Å². The minimum absolute atomic E-state index is 0.151. The first-order valence-electron chi connectivity index (χ1n) is 8.17. The fraction of sp³-hybridized carbons (Fsp3) is 0.0476. The molecule has 0 atom stereocenters. The van der Waals surface area contributed by atoms with Gasteiger partial charge in [0.15, 0.2) is 0 Å². The number of rotatable bonds is 5. The van der Waals surface area contributed by atoms with Crippen LogP contribution in [0.5, 0.6) is 11.5 Å². The zero-order chi connectivity index (χ0) is 20.3. The molecule has 142 valence electrons. The first-order chi connectivity index (χ1) is 13.3. The highest BCUT2D eigenvalue weighted by molar-refractivity contribution is 5.91. The zero-order valence-corrected chi connectivity index (χ0v) is 14.5. The smallest absolute Gasteiger partial charge is 0.416 e. The second-order valence-electron chi connectivity index (χ2n) is 5.85. The summed E-state index contributed by atoms with van der Waals surface area (Å²) in [5, 5.41) is 0. The first kappa shape index (κ1) is 19.2. The molecule has 1 aromatic heterocycles. The van der Waals surface area contributed by atoms with E-state index in [4.69, 9.17) is 10.5 Å². The van der Waals surface area contributed by atoms with E-state index >= 15 is 0 Å². The van der Waals surface area contributed by atoms with Crippen LogP contribution in [-0.4, -0.2) is 10.9 Å². The minimum Gasteiger partial charge on any atom is -0.457 e. The van der Waals surface area contributed by atoms with Gasteiger partial charge < -0.3 is 10.5 Å². The summed E-state index contributed by atoms with van der Waals surface area (Å²) >= 11 is 0. The van der Waals surface area contributed by atoms with Crippen LogP contribution in [0, 0.1) is 0 Å². The molecule has 0 saturated carbocycles. The fourth-order valence-corrected chi connectivity index (χ4v) is 2.53. The molecule has 0 radical (unpaired) electrons. The lowest BCUT2D eigenvalue weighted by molar-refractivity contribution is -0.137. The monoisotopic (exact) mass is 384 g/mol. The molecular weight excluding hydrogens is 369 g/mol. The molecule has 0 aliphatic carbocycles. The van der Waals surface area contributed by atoms with Gasteiger partial charge in [-0.3, -0.25) is 4.79 Å². The number of ether oxygens (including phenoxy) is 1. The van der Waals surface area contributed by atoms with Crippen LogP contribution >= 0.6 is 0 Å². The molecular formula is C21H15F3N2O2. The summed E-state index contributed by atoms with van der Waals surface area (Å²) in [5.41, 5.74) is 6.13. The molecule has 0 fully saturated rings. The van der Waals surface area contributed by atoms with Gasteiger partial charge >= 0.3 is 6.18 Å². The number of hydrogen-bond donors (Lipinski definition) is 1. The highest BCUT2D eigenvalue weighted by Crippen LogP contribution is 2.35. The normalized spacial score (nSPS) is 11.1. The third kappa shape index (κ3) is 4.20. The molecule has 2 N–H and O–H groups in total. The Labute approximate surface area is 159 Å². The molecule has 3 aromatic rings. The van der Waals surface area contributed by atoms with E-state index in [1.54, 1.807) is 36.4 Å². The Balaban J connectivity index is 1.84. The number of alkyl halides is 3. The predicted octanol–water partition coefficient (Wildman–Crippen LogP) is 5.30. The summed E-state index contributed by atoms with van der Waals surface area (Å²) in [6.07, 6.45) is -3.14. The van der Waals surface area contributed by atoms with Gasteiger partial charge in [0.25, 0.3) is 5.91 Å². The van der Waals surface area contributed by atoms with Gasteiger partial charge in [-0.25, -0.2) is 4.98 Å². The van der Waals surface area contributed by atoms with Gasteiger partial charge in [-0.2, -0.15) is 13.2 Å². The van der Waals surface area contributed by atoms with Gasteiger partial charge in [0, 0.05) is 11.1 Å². The Bertz CT molecular complexity index is 1030. The molecule has 0 aliphatic heterocycles. The predicted molar refractivity (Wildman–Crippen MR) is 99.8 cm³/mol. The van der Waals surface area contributed by atoms with Crippen molar-refractivity contribution in [3.8, 4) is 22.8 Å². The van der Waals surface area contributed by atoms with Gasteiger partial charge in [0.2, 0.25) is 0 Å². The summed E-state index contributed by atoms with van der Waals surface area (Å²) < 4.78 is 44.2. The number of primary amides is 1. The van der Waals surface area contributed by atoms with Crippen LogP contribution in [0.2, 0.25) is 0 Å². The molecule has 0 unspecified atom stereocenters. The Morgan fingerprint density at radius 1 is 1.07 bits per heavy atom. The minimum atomic E-state index is -4.44. The number of halogens is 3. The highest BCUT2D eigenvalue weighted by Gasteiger charge is 2.30. The third-order valence-electron chi connectivity index (χ3n) is 3.94. The lowest BCUT2D eigenvalue weighted by Gasteiger charge is -2.13. The number of carbonyl (C=O) groups is 1. The van der Waals surface area contributed by atoms with E-state index in [1.165, 1.54) is 18.2 Å². The van der Waals surface area contributed by atoms with Crippen molar-refractivity contribution < 1.29 is 22.7 Å². The van der Waals surface area contributed by atoms with E-state index < -0.39 is 17.6 Å². The van der Waals surface area contributed by atoms with E-state index in [-0.39, 0.29) is 17.0 Å². The van der Waals surface area contributed by atoms with E-state index in [0.717, 1.165) is 17.7 Å². The van der Waals surface area contributed by atoms with Crippen molar-refractivity contribution in [3.63, 3.8) is 0 Å². The topological polar surface area (TPSA) is 65.2 Å². The zero-order valence-electron chi connectivity index (χ0n) is 14.5. The molecule has 4 nitrogen and oxygen atoms in total. The Morgan fingerprint density at radius 2 is 1.79 bits per heavy atom. The van der Waals surface area contributed by atoms with Crippen molar-refractivity contribution in [2.45, 2.75) is 6.18 Å². The van der Waals surface area contributed by atoms with Crippen molar-refractivity contribution in [2.75, 3.05) is 0 Å². The van der Waals surface area contributed by atoms with Crippen LogP contribution in [0.4, 0.5) is 13.2 Å². The Kier molecular flexibility index (Phi) is 5.17. The van der Waals surface area contributed by atoms with Crippen molar-refractivity contribution in [3.05, 3.63) is 84.1 Å². The third-order valence-corrected chi connectivity index (χ3v) is 3.94. The second kappa shape index (κ2) is 7.56. The number of aromatic nitrogens is 1. The van der Waals surface area contributed by atoms with Crippen molar-refractivity contribution in [2.24, 2.45) is 5.73 Å². The largest absolute Gasteiger partial charge is 0.457 e. The molecule has 2 aromatic carbocycles. The summed E-state index contributed by atoms with van der Waals surface area (Å²) in [4.78, 5) is 15.4. The first-order valence-corrected chi connectivity index (χ1v) is 8.17. The van der Waals surface area contributed by atoms with Crippen molar-refractivity contribution in [1.29, 1.82) is 0 Å². The number of pyridine rings is 1. The van der Waals surface area contributed by atoms with Crippen LogP contribution in [0.1, 0.15) is 21.6 Å². The standard InChI is InChI=1S/C21H15F3N2O2/c1-2-13-12-15(21(22,23)24)8-11-19(13)28-16-9-6-14(7-10-16)17-4-3-5-18(26-17)20(25)27/h2-12H,1H2,(H2,25,27). The molecule has 1 heterocycles. The van der Waals surface area contributed by atoms with Crippen LogP contribution in [-0.2, 0) is 6.18 Å². The number of carbonyl (C=O) groups excluding carboxylic acids is 1. The second-order valence-corrected chi connectivity index (χ2v) is 5.85. The average molecular weight is 384 g/mol. The highest BCUT2D eigenvalue weighted by atomic mass is 19.4. The number of amides is 1. The number of hydrogen-bond acceptors (Lipinski definition) is 3. The van der Waals surface area contributed by atoms with Gasteiger partial charge in [0.1, 0.15) is 17.2 Å². The Hall–Kier alpha value is -3.61. The van der Waals surface area contributed by atoms with Gasteiger partial charge in [-0.1, -0.05) is 18.7 Å². The van der Waals surface area contributed by atoms with Crippen LogP contribution in [0.15, 0.2) is 67.2 Å². The van der Waals surface area contributed by atoms with Gasteiger partial charge in [-0.15, -0.1) is 0 Å². The maximum Gasteiger partial charge on any atom is 0.416 e. The van der Waals surface area contributed by atoms with E-state index in [9.17, 15) is 18.0 Å². The molecule has 0 bridgehead atoms. The number of nitrogens with two attached hydrogens (primary N) is 1. The molecule has 28 heavy (non-hydrogen) atoms. The molecule has 3 rings (SSSR count). The van der Waals surface area contributed by atoms with Crippen LogP contribution in [0.25, 0.3) is 17.3 Å². The van der Waals surface area contributed by atoms with Crippen LogP contribution < -0.4 is 10.5 Å². The SMILES string of the molecule is C=Cc1cc(C(F)(F)F)ccc1Oc1ccc(-c2cccc(C(N)=O)n2)cc1. The summed E-state index contributed by atoms with van der Waals surface area (Å²) in [5.74, 6) is 0.0586. The van der Waals surface area contributed by atoms with E-state index in [1.807, 2.05) is 0 Å². The summed E-state index contributed by atoms with van der Waals surface area (Å²) in [7, 11) is 0. The maximum atomic E-state index is 12.8. The molecule has 0 aliphatic rings. The quantitative estimate of drug-likeness (QED) is 0.649. The number of nitrogens with zero attached hydrogens (tertiary/aromatic N) is 1. The average Bonchev–Trinajstić information content (AvgIpc) is 2.68. The molecule has 0 spiro atoms. The van der Waals surface area contributed by atoms with E-state index in [0.29, 0.717) is 11.4 Å². The fourth-order valence-electron chi connectivity index (χ4n) is 2.53. The van der Waals surface area contributed by atoms with Crippen molar-refractivity contribution >= 4 is 12.0 Å². The summed E-state index contributed by atoms with van der Waals surface area (Å²) in [6, 6.07) is 14.9. The number of benzene rings is 2. The lowest BCUT2D eigenvalue weighted by Crippen LogP contribution is -2.12. The van der Waals surface area contributed by atoms with Crippen molar-refractivity contribution in [1.82, 2.24) is 4.98 Å².